The summed E-state index contributed by atoms with van der Waals surface area (Å²) in [5, 5.41) is 3.40. The van der Waals surface area contributed by atoms with Gasteiger partial charge in [-0.1, -0.05) is 41.1 Å². The zero-order valence-corrected chi connectivity index (χ0v) is 14.9. The van der Waals surface area contributed by atoms with E-state index in [1.807, 2.05) is 29.2 Å². The molecule has 0 unspecified atom stereocenters. The average Bonchev–Trinajstić information content (AvgIpc) is 2.48. The number of piperidine rings is 1. The van der Waals surface area contributed by atoms with Crippen molar-refractivity contribution in [3.05, 3.63) is 34.3 Å². The van der Waals surface area contributed by atoms with Crippen molar-refractivity contribution in [1.29, 1.82) is 0 Å². The predicted octanol–water partition coefficient (Wildman–Crippen LogP) is 3.26. The number of halogens is 2. The van der Waals surface area contributed by atoms with Crippen LogP contribution in [0.25, 0.3) is 0 Å². The zero-order valence-electron chi connectivity index (χ0n) is 12.5. The molecule has 0 aliphatic carbocycles. The molecule has 1 aliphatic rings. The number of hydrogen-bond donors (Lipinski definition) is 1. The third-order valence-electron chi connectivity index (χ3n) is 3.95. The molecule has 1 aliphatic heterocycles. The van der Waals surface area contributed by atoms with Gasteiger partial charge in [0.25, 0.3) is 0 Å². The van der Waals surface area contributed by atoms with E-state index in [1.165, 1.54) is 0 Å². The van der Waals surface area contributed by atoms with Gasteiger partial charge in [0.15, 0.2) is 0 Å². The summed E-state index contributed by atoms with van der Waals surface area (Å²) in [5.74, 6) is 0.973. The first kappa shape index (κ1) is 18.5. The maximum absolute atomic E-state index is 12.3. The van der Waals surface area contributed by atoms with Gasteiger partial charge in [-0.2, -0.15) is 0 Å². The third-order valence-corrected chi connectivity index (χ3v) is 4.72. The summed E-state index contributed by atoms with van der Waals surface area (Å²) in [5.41, 5.74) is 1.08. The van der Waals surface area contributed by atoms with Crippen molar-refractivity contribution in [3.8, 4) is 0 Å². The first-order valence-corrected chi connectivity index (χ1v) is 8.22. The first-order chi connectivity index (χ1) is 9.70. The Bertz CT molecular complexity index is 448. The van der Waals surface area contributed by atoms with Crippen molar-refractivity contribution in [3.63, 3.8) is 0 Å². The topological polar surface area (TPSA) is 32.3 Å². The van der Waals surface area contributed by atoms with Gasteiger partial charge < -0.3 is 10.2 Å². The fourth-order valence-corrected chi connectivity index (χ4v) is 3.08. The van der Waals surface area contributed by atoms with Gasteiger partial charge in [0, 0.05) is 17.6 Å². The van der Waals surface area contributed by atoms with Crippen LogP contribution in [-0.4, -0.2) is 37.0 Å². The van der Waals surface area contributed by atoms with Gasteiger partial charge in [0.1, 0.15) is 0 Å². The largest absolute Gasteiger partial charge is 0.342 e. The Labute approximate surface area is 142 Å². The molecule has 1 amide bonds. The molecular formula is C16H24BrClN2O. The van der Waals surface area contributed by atoms with Crippen LogP contribution in [-0.2, 0) is 11.2 Å². The number of amides is 1. The van der Waals surface area contributed by atoms with Gasteiger partial charge in [0.2, 0.25) is 5.91 Å². The van der Waals surface area contributed by atoms with Crippen molar-refractivity contribution < 1.29 is 4.79 Å². The summed E-state index contributed by atoms with van der Waals surface area (Å²) >= 11 is 3.51. The quantitative estimate of drug-likeness (QED) is 0.856. The van der Waals surface area contributed by atoms with Crippen LogP contribution in [0.1, 0.15) is 25.3 Å². The minimum absolute atomic E-state index is 0. The van der Waals surface area contributed by atoms with Gasteiger partial charge >= 0.3 is 0 Å². The van der Waals surface area contributed by atoms with Crippen LogP contribution >= 0.6 is 28.3 Å². The molecule has 1 aromatic carbocycles. The van der Waals surface area contributed by atoms with Crippen LogP contribution in [0.5, 0.6) is 0 Å². The second-order valence-electron chi connectivity index (χ2n) is 5.40. The molecule has 1 aromatic rings. The van der Waals surface area contributed by atoms with E-state index >= 15 is 0 Å². The molecule has 0 atom stereocenters. The van der Waals surface area contributed by atoms with Crippen LogP contribution < -0.4 is 5.32 Å². The number of nitrogens with zero attached hydrogens (tertiary/aromatic N) is 1. The van der Waals surface area contributed by atoms with E-state index < -0.39 is 0 Å². The van der Waals surface area contributed by atoms with Gasteiger partial charge in [-0.25, -0.2) is 0 Å². The van der Waals surface area contributed by atoms with Crippen molar-refractivity contribution in [2.45, 2.75) is 26.2 Å². The summed E-state index contributed by atoms with van der Waals surface area (Å²) in [6.07, 6.45) is 2.74. The van der Waals surface area contributed by atoms with E-state index in [9.17, 15) is 4.79 Å². The maximum Gasteiger partial charge on any atom is 0.227 e. The standard InChI is InChI=1S/C16H23BrN2O.ClH/c1-2-18-12-13-7-9-19(10-8-13)16(20)11-14-5-3-4-6-15(14)17;/h3-6,13,18H,2,7-12H2,1H3;1H. The van der Waals surface area contributed by atoms with Gasteiger partial charge in [-0.3, -0.25) is 4.79 Å². The highest BCUT2D eigenvalue weighted by Gasteiger charge is 2.22. The number of likely N-dealkylation sites (tertiary alicyclic amines) is 1. The number of carbonyl (C=O) groups is 1. The molecule has 5 heteroatoms. The summed E-state index contributed by atoms with van der Waals surface area (Å²) < 4.78 is 1.02. The van der Waals surface area contributed by atoms with Gasteiger partial charge in [0.05, 0.1) is 6.42 Å². The van der Waals surface area contributed by atoms with Crippen LogP contribution in [0, 0.1) is 5.92 Å². The Kier molecular flexibility index (Phi) is 8.30. The highest BCUT2D eigenvalue weighted by Crippen LogP contribution is 2.20. The fourth-order valence-electron chi connectivity index (χ4n) is 2.65. The number of benzene rings is 1. The fraction of sp³-hybridized carbons (Fsp3) is 0.562. The highest BCUT2D eigenvalue weighted by atomic mass is 79.9. The second kappa shape index (κ2) is 9.44. The number of nitrogens with one attached hydrogen (secondary N) is 1. The molecule has 0 radical (unpaired) electrons. The Morgan fingerprint density at radius 1 is 1.33 bits per heavy atom. The highest BCUT2D eigenvalue weighted by molar-refractivity contribution is 9.10. The Balaban J connectivity index is 0.00000220. The van der Waals surface area contributed by atoms with E-state index in [-0.39, 0.29) is 18.3 Å². The molecule has 3 nitrogen and oxygen atoms in total. The third kappa shape index (κ3) is 5.61. The smallest absolute Gasteiger partial charge is 0.227 e. The van der Waals surface area contributed by atoms with E-state index in [0.717, 1.165) is 55.0 Å². The molecule has 1 saturated heterocycles. The molecule has 118 valence electrons. The minimum Gasteiger partial charge on any atom is -0.342 e. The predicted molar refractivity (Wildman–Crippen MR) is 92.9 cm³/mol. The van der Waals surface area contributed by atoms with Crippen molar-refractivity contribution in [2.75, 3.05) is 26.2 Å². The van der Waals surface area contributed by atoms with Crippen molar-refractivity contribution in [1.82, 2.24) is 10.2 Å². The first-order valence-electron chi connectivity index (χ1n) is 7.42. The Hall–Kier alpha value is -0.580. The van der Waals surface area contributed by atoms with E-state index in [1.54, 1.807) is 0 Å². The average molecular weight is 376 g/mol. The summed E-state index contributed by atoms with van der Waals surface area (Å²) in [6.45, 7) is 6.05. The van der Waals surface area contributed by atoms with Crippen LogP contribution in [0.2, 0.25) is 0 Å². The summed E-state index contributed by atoms with van der Waals surface area (Å²) in [7, 11) is 0. The molecule has 0 aromatic heterocycles. The maximum atomic E-state index is 12.3. The summed E-state index contributed by atoms with van der Waals surface area (Å²) in [4.78, 5) is 14.3. The normalized spacial score (nSPS) is 15.6. The zero-order chi connectivity index (χ0) is 14.4. The lowest BCUT2D eigenvalue weighted by Gasteiger charge is -2.32. The van der Waals surface area contributed by atoms with Crippen LogP contribution in [0.15, 0.2) is 28.7 Å². The van der Waals surface area contributed by atoms with Crippen LogP contribution in [0.3, 0.4) is 0 Å². The van der Waals surface area contributed by atoms with E-state index in [2.05, 4.69) is 28.2 Å². The molecule has 0 spiro atoms. The molecule has 2 rings (SSSR count). The van der Waals surface area contributed by atoms with Gasteiger partial charge in [-0.15, -0.1) is 12.4 Å². The van der Waals surface area contributed by atoms with Crippen molar-refractivity contribution >= 4 is 34.2 Å². The molecule has 1 N–H and O–H groups in total. The Morgan fingerprint density at radius 2 is 2.00 bits per heavy atom. The molecule has 0 saturated carbocycles. The molecule has 1 fully saturated rings. The summed E-state index contributed by atoms with van der Waals surface area (Å²) in [6, 6.07) is 7.96. The minimum atomic E-state index is 0. The lowest BCUT2D eigenvalue weighted by molar-refractivity contribution is -0.131. The number of rotatable bonds is 5. The number of carbonyl (C=O) groups excluding carboxylic acids is 1. The molecule has 21 heavy (non-hydrogen) atoms. The van der Waals surface area contributed by atoms with Crippen LogP contribution in [0.4, 0.5) is 0 Å². The molecule has 0 bridgehead atoms. The lowest BCUT2D eigenvalue weighted by atomic mass is 9.96. The molecule has 1 heterocycles. The number of hydrogen-bond acceptors (Lipinski definition) is 2. The SMILES string of the molecule is CCNCC1CCN(C(=O)Cc2ccccc2Br)CC1.Cl. The van der Waals surface area contributed by atoms with Gasteiger partial charge in [-0.05, 0) is 43.5 Å². The monoisotopic (exact) mass is 374 g/mol. The Morgan fingerprint density at radius 3 is 2.62 bits per heavy atom. The van der Waals surface area contributed by atoms with Crippen molar-refractivity contribution in [2.24, 2.45) is 5.92 Å². The molecular weight excluding hydrogens is 352 g/mol. The lowest BCUT2D eigenvalue weighted by Crippen LogP contribution is -2.41. The van der Waals surface area contributed by atoms with E-state index in [4.69, 9.17) is 0 Å². The van der Waals surface area contributed by atoms with E-state index in [0.29, 0.717) is 6.42 Å². The second-order valence-corrected chi connectivity index (χ2v) is 6.25.